The Morgan fingerprint density at radius 2 is 1.88 bits per heavy atom. The van der Waals surface area contributed by atoms with Crippen molar-refractivity contribution in [1.82, 2.24) is 4.72 Å². The van der Waals surface area contributed by atoms with Crippen molar-refractivity contribution in [2.24, 2.45) is 5.73 Å². The number of halogens is 1. The Morgan fingerprint density at radius 3 is 2.31 bits per heavy atom. The summed E-state index contributed by atoms with van der Waals surface area (Å²) in [5.41, 5.74) is 5.23. The second kappa shape index (κ2) is 7.13. The van der Waals surface area contributed by atoms with Gasteiger partial charge in [-0.05, 0) is 30.5 Å². The van der Waals surface area contributed by atoms with Gasteiger partial charge in [-0.15, -0.1) is 24.2 Å². The molecule has 0 unspecified atom stereocenters. The van der Waals surface area contributed by atoms with Crippen molar-refractivity contribution in [2.75, 3.05) is 19.3 Å². The van der Waals surface area contributed by atoms with Gasteiger partial charge in [-0.2, -0.15) is 0 Å². The van der Waals surface area contributed by atoms with Gasteiger partial charge < -0.3 is 5.73 Å². The molecular formula is C9H15ClN2O2S2. The summed E-state index contributed by atoms with van der Waals surface area (Å²) in [6.07, 6.45) is 1.94. The Labute approximate surface area is 106 Å². The molecule has 0 aliphatic rings. The monoisotopic (exact) mass is 282 g/mol. The van der Waals surface area contributed by atoms with E-state index in [0.29, 0.717) is 6.54 Å². The van der Waals surface area contributed by atoms with Crippen LogP contribution in [0.25, 0.3) is 0 Å². The van der Waals surface area contributed by atoms with Crippen LogP contribution in [0.2, 0.25) is 0 Å². The van der Waals surface area contributed by atoms with Crippen LogP contribution < -0.4 is 10.5 Å². The van der Waals surface area contributed by atoms with Gasteiger partial charge in [-0.1, -0.05) is 0 Å². The highest BCUT2D eigenvalue weighted by Gasteiger charge is 2.11. The normalized spacial score (nSPS) is 10.9. The minimum Gasteiger partial charge on any atom is -0.329 e. The molecular weight excluding hydrogens is 268 g/mol. The molecule has 0 saturated carbocycles. The van der Waals surface area contributed by atoms with Crippen molar-refractivity contribution in [1.29, 1.82) is 0 Å². The van der Waals surface area contributed by atoms with Crippen molar-refractivity contribution in [3.8, 4) is 0 Å². The fourth-order valence-corrected chi connectivity index (χ4v) is 2.49. The van der Waals surface area contributed by atoms with E-state index >= 15 is 0 Å². The zero-order chi connectivity index (χ0) is 11.3. The van der Waals surface area contributed by atoms with E-state index in [1.807, 2.05) is 6.26 Å². The Balaban J connectivity index is 0.00000225. The molecule has 0 saturated heterocycles. The Bertz CT molecular complexity index is 406. The Morgan fingerprint density at radius 1 is 1.31 bits per heavy atom. The van der Waals surface area contributed by atoms with E-state index in [0.717, 1.165) is 4.90 Å². The van der Waals surface area contributed by atoms with Crippen LogP contribution in [0.3, 0.4) is 0 Å². The lowest BCUT2D eigenvalue weighted by molar-refractivity contribution is 0.582. The van der Waals surface area contributed by atoms with Crippen LogP contribution in [0.15, 0.2) is 34.1 Å². The lowest BCUT2D eigenvalue weighted by Gasteiger charge is -2.05. The third kappa shape index (κ3) is 4.31. The second-order valence-corrected chi connectivity index (χ2v) is 5.51. The standard InChI is InChI=1S/C9H14N2O2S2.ClH/c1-14-8-2-4-9(5-3-8)15(12,13)11-7-6-10;/h2-5,11H,6-7,10H2,1H3;1H. The number of hydrogen-bond acceptors (Lipinski definition) is 4. The lowest BCUT2D eigenvalue weighted by Crippen LogP contribution is -2.29. The van der Waals surface area contributed by atoms with Crippen molar-refractivity contribution >= 4 is 34.2 Å². The van der Waals surface area contributed by atoms with Gasteiger partial charge in [0.1, 0.15) is 0 Å². The molecule has 92 valence electrons. The van der Waals surface area contributed by atoms with Crippen LogP contribution in [0.1, 0.15) is 0 Å². The average molecular weight is 283 g/mol. The van der Waals surface area contributed by atoms with E-state index in [2.05, 4.69) is 4.72 Å². The number of benzene rings is 1. The first-order chi connectivity index (χ1) is 7.10. The van der Waals surface area contributed by atoms with Crippen molar-refractivity contribution in [3.63, 3.8) is 0 Å². The van der Waals surface area contributed by atoms with Crippen LogP contribution in [0.4, 0.5) is 0 Å². The van der Waals surface area contributed by atoms with Gasteiger partial charge in [0.25, 0.3) is 0 Å². The van der Waals surface area contributed by atoms with Crippen molar-refractivity contribution in [2.45, 2.75) is 9.79 Å². The highest BCUT2D eigenvalue weighted by atomic mass is 35.5. The van der Waals surface area contributed by atoms with Crippen LogP contribution in [0.5, 0.6) is 0 Å². The van der Waals surface area contributed by atoms with Gasteiger partial charge in [-0.3, -0.25) is 0 Å². The topological polar surface area (TPSA) is 72.2 Å². The van der Waals surface area contributed by atoms with Gasteiger partial charge in [0.15, 0.2) is 0 Å². The first-order valence-electron chi connectivity index (χ1n) is 4.44. The van der Waals surface area contributed by atoms with E-state index in [1.54, 1.807) is 36.0 Å². The first kappa shape index (κ1) is 15.7. The molecule has 3 N–H and O–H groups in total. The highest BCUT2D eigenvalue weighted by molar-refractivity contribution is 7.98. The summed E-state index contributed by atoms with van der Waals surface area (Å²) in [5.74, 6) is 0. The maximum Gasteiger partial charge on any atom is 0.240 e. The molecule has 1 aromatic rings. The number of thioether (sulfide) groups is 1. The Hall–Kier alpha value is -0.270. The fourth-order valence-electron chi connectivity index (χ4n) is 1.03. The third-order valence-corrected chi connectivity index (χ3v) is 4.03. The first-order valence-corrected chi connectivity index (χ1v) is 7.15. The second-order valence-electron chi connectivity index (χ2n) is 2.86. The summed E-state index contributed by atoms with van der Waals surface area (Å²) in [5, 5.41) is 0. The average Bonchev–Trinajstić information content (AvgIpc) is 2.26. The van der Waals surface area contributed by atoms with Crippen molar-refractivity contribution < 1.29 is 8.42 Å². The van der Waals surface area contributed by atoms with Gasteiger partial charge in [-0.25, -0.2) is 13.1 Å². The predicted octanol–water partition coefficient (Wildman–Crippen LogP) is 1.07. The smallest absolute Gasteiger partial charge is 0.240 e. The van der Waals surface area contributed by atoms with E-state index in [4.69, 9.17) is 5.73 Å². The maximum atomic E-state index is 11.6. The summed E-state index contributed by atoms with van der Waals surface area (Å²) < 4.78 is 25.6. The number of rotatable bonds is 5. The van der Waals surface area contributed by atoms with E-state index in [9.17, 15) is 8.42 Å². The molecule has 1 rings (SSSR count). The fraction of sp³-hybridized carbons (Fsp3) is 0.333. The molecule has 7 heteroatoms. The number of hydrogen-bond donors (Lipinski definition) is 2. The van der Waals surface area contributed by atoms with Gasteiger partial charge >= 0.3 is 0 Å². The highest BCUT2D eigenvalue weighted by Crippen LogP contribution is 2.17. The van der Waals surface area contributed by atoms with E-state index < -0.39 is 10.0 Å². The number of sulfonamides is 1. The van der Waals surface area contributed by atoms with Gasteiger partial charge in [0.05, 0.1) is 4.90 Å². The summed E-state index contributed by atoms with van der Waals surface area (Å²) in [6, 6.07) is 6.73. The zero-order valence-corrected chi connectivity index (χ0v) is 11.3. The van der Waals surface area contributed by atoms with Gasteiger partial charge in [0.2, 0.25) is 10.0 Å². The molecule has 0 fully saturated rings. The third-order valence-electron chi connectivity index (χ3n) is 1.81. The van der Waals surface area contributed by atoms with E-state index in [1.165, 1.54) is 0 Å². The molecule has 0 bridgehead atoms. The molecule has 4 nitrogen and oxygen atoms in total. The quantitative estimate of drug-likeness (QED) is 0.793. The molecule has 1 aromatic carbocycles. The summed E-state index contributed by atoms with van der Waals surface area (Å²) in [4.78, 5) is 1.31. The molecule has 0 aliphatic carbocycles. The SMILES string of the molecule is CSc1ccc(S(=O)(=O)NCCN)cc1.Cl. The van der Waals surface area contributed by atoms with Crippen LogP contribution in [-0.4, -0.2) is 27.8 Å². The molecule has 0 aliphatic heterocycles. The van der Waals surface area contributed by atoms with Crippen LogP contribution in [0, 0.1) is 0 Å². The molecule has 16 heavy (non-hydrogen) atoms. The Kier molecular flexibility index (Phi) is 7.01. The molecule has 0 aromatic heterocycles. The minimum atomic E-state index is -3.39. The molecule has 0 spiro atoms. The number of nitrogens with one attached hydrogen (secondary N) is 1. The molecule has 0 atom stereocenters. The minimum absolute atomic E-state index is 0. The van der Waals surface area contributed by atoms with Crippen molar-refractivity contribution in [3.05, 3.63) is 24.3 Å². The van der Waals surface area contributed by atoms with Crippen LogP contribution >= 0.6 is 24.2 Å². The summed E-state index contributed by atoms with van der Waals surface area (Å²) in [6.45, 7) is 0.550. The molecule has 0 heterocycles. The molecule has 0 radical (unpaired) electrons. The predicted molar refractivity (Wildman–Crippen MR) is 69.7 cm³/mol. The van der Waals surface area contributed by atoms with Gasteiger partial charge in [0, 0.05) is 18.0 Å². The molecule has 0 amide bonds. The van der Waals surface area contributed by atoms with Crippen LogP contribution in [-0.2, 0) is 10.0 Å². The van der Waals surface area contributed by atoms with E-state index in [-0.39, 0.29) is 23.8 Å². The largest absolute Gasteiger partial charge is 0.329 e. The summed E-state index contributed by atoms with van der Waals surface area (Å²) in [7, 11) is -3.39. The summed E-state index contributed by atoms with van der Waals surface area (Å²) >= 11 is 1.57. The lowest BCUT2D eigenvalue weighted by atomic mass is 10.4. The maximum absolute atomic E-state index is 11.6. The zero-order valence-electron chi connectivity index (χ0n) is 8.84. The number of nitrogens with two attached hydrogens (primary N) is 1.